The predicted molar refractivity (Wildman–Crippen MR) is 311 cm³/mol. The molecule has 0 amide bonds. The number of unbranched alkanes of at least 4 members (excludes halogenated alkanes) is 30. The number of esters is 3. The van der Waals surface area contributed by atoms with Crippen LogP contribution < -0.4 is 0 Å². The highest BCUT2D eigenvalue weighted by molar-refractivity contribution is 5.71. The highest BCUT2D eigenvalue weighted by atomic mass is 16.6. The Labute approximate surface area is 444 Å². The highest BCUT2D eigenvalue weighted by Crippen LogP contribution is 2.14. The molecule has 0 fully saturated rings. The van der Waals surface area contributed by atoms with Crippen molar-refractivity contribution in [1.82, 2.24) is 0 Å². The second kappa shape index (κ2) is 59.6. The Balaban J connectivity index is 4.51. The lowest BCUT2D eigenvalue weighted by Crippen LogP contribution is -2.30. The monoisotopic (exact) mass is 999 g/mol. The molecule has 0 heterocycles. The van der Waals surface area contributed by atoms with Gasteiger partial charge in [-0.2, -0.15) is 0 Å². The highest BCUT2D eigenvalue weighted by Gasteiger charge is 2.19. The molecule has 0 aliphatic carbocycles. The third-order valence-electron chi connectivity index (χ3n) is 12.6. The first kappa shape index (κ1) is 68.1. The zero-order valence-corrected chi connectivity index (χ0v) is 46.9. The molecular formula is C66H110O6. The molecule has 0 saturated carbocycles. The fourth-order valence-corrected chi connectivity index (χ4v) is 8.10. The minimum atomic E-state index is -0.807. The first-order valence-corrected chi connectivity index (χ1v) is 30.0. The van der Waals surface area contributed by atoms with Crippen LogP contribution in [0.5, 0.6) is 0 Å². The number of ether oxygens (including phenoxy) is 3. The first-order valence-electron chi connectivity index (χ1n) is 30.0. The maximum absolute atomic E-state index is 12.9. The summed E-state index contributed by atoms with van der Waals surface area (Å²) in [6.07, 6.45) is 80.7. The van der Waals surface area contributed by atoms with Gasteiger partial charge >= 0.3 is 17.9 Å². The molecule has 0 aromatic carbocycles. The van der Waals surface area contributed by atoms with Gasteiger partial charge in [-0.15, -0.1) is 0 Å². The van der Waals surface area contributed by atoms with Crippen LogP contribution in [0.25, 0.3) is 0 Å². The van der Waals surface area contributed by atoms with E-state index in [0.717, 1.165) is 122 Å². The maximum atomic E-state index is 12.9. The van der Waals surface area contributed by atoms with Gasteiger partial charge in [-0.05, 0) is 89.9 Å². The summed E-state index contributed by atoms with van der Waals surface area (Å²) in [5, 5.41) is 0. The standard InChI is InChI=1S/C66H110O6/c1-4-7-10-13-16-19-22-25-28-31-34-37-40-43-46-49-52-55-58-64(67)70-61-63(72-66(69)60-57-54-51-48-45-42-39-36-33-30-27-24-21-18-15-12-9-6-3)62-71-65(68)59-56-53-50-47-44-41-38-35-32-29-26-23-20-17-14-11-8-5-2/h10,13,16,19,22,25,28-39,63H,4-9,11-12,14-15,17-18,20-21,23-24,26-27,40-62H2,1-3H3/b13-10-,19-16-,25-22-,31-28-,32-29-,33-30-,37-34-,38-35-,39-36-. The largest absolute Gasteiger partial charge is 0.462 e. The summed E-state index contributed by atoms with van der Waals surface area (Å²) >= 11 is 0. The van der Waals surface area contributed by atoms with E-state index in [1.807, 2.05) is 24.3 Å². The zero-order valence-electron chi connectivity index (χ0n) is 46.9. The van der Waals surface area contributed by atoms with Gasteiger partial charge in [-0.25, -0.2) is 0 Å². The van der Waals surface area contributed by atoms with Gasteiger partial charge in [-0.1, -0.05) is 271 Å². The quantitative estimate of drug-likeness (QED) is 0.0261. The second-order valence-electron chi connectivity index (χ2n) is 19.7. The summed E-state index contributed by atoms with van der Waals surface area (Å²) in [7, 11) is 0. The average molecular weight is 1000 g/mol. The second-order valence-corrected chi connectivity index (χ2v) is 19.7. The number of hydrogen-bond acceptors (Lipinski definition) is 6. The molecule has 72 heavy (non-hydrogen) atoms. The van der Waals surface area contributed by atoms with Crippen molar-refractivity contribution in [3.63, 3.8) is 0 Å². The van der Waals surface area contributed by atoms with Crippen LogP contribution >= 0.6 is 0 Å². The molecule has 0 N–H and O–H groups in total. The minimum absolute atomic E-state index is 0.102. The van der Waals surface area contributed by atoms with Gasteiger partial charge < -0.3 is 14.2 Å². The summed E-state index contributed by atoms with van der Waals surface area (Å²) in [5.41, 5.74) is 0. The van der Waals surface area contributed by atoms with E-state index in [1.165, 1.54) is 109 Å². The van der Waals surface area contributed by atoms with E-state index in [4.69, 9.17) is 14.2 Å². The third kappa shape index (κ3) is 57.0. The number of carbonyl (C=O) groups is 3. The smallest absolute Gasteiger partial charge is 0.306 e. The summed E-state index contributed by atoms with van der Waals surface area (Å²) in [4.78, 5) is 38.2. The van der Waals surface area contributed by atoms with Crippen LogP contribution in [0.1, 0.15) is 271 Å². The Morgan fingerprint density at radius 3 is 0.847 bits per heavy atom. The number of carbonyl (C=O) groups excluding carboxylic acids is 3. The van der Waals surface area contributed by atoms with Gasteiger partial charge in [0.05, 0.1) is 0 Å². The molecule has 1 unspecified atom stereocenters. The molecule has 0 spiro atoms. The Morgan fingerprint density at radius 2 is 0.528 bits per heavy atom. The van der Waals surface area contributed by atoms with Gasteiger partial charge in [0.2, 0.25) is 0 Å². The zero-order chi connectivity index (χ0) is 52.2. The van der Waals surface area contributed by atoms with Crippen LogP contribution in [0.2, 0.25) is 0 Å². The third-order valence-corrected chi connectivity index (χ3v) is 12.6. The Bertz CT molecular complexity index is 1470. The summed E-state index contributed by atoms with van der Waals surface area (Å²) in [6, 6.07) is 0. The fraction of sp³-hybridized carbons (Fsp3) is 0.682. The lowest BCUT2D eigenvalue weighted by atomic mass is 10.1. The molecule has 0 bridgehead atoms. The predicted octanol–water partition coefficient (Wildman–Crippen LogP) is 20.3. The molecule has 6 nitrogen and oxygen atoms in total. The molecule has 0 aromatic heterocycles. The fourth-order valence-electron chi connectivity index (χ4n) is 8.10. The Kier molecular flexibility index (Phi) is 56.4. The van der Waals surface area contributed by atoms with E-state index in [0.29, 0.717) is 19.3 Å². The summed E-state index contributed by atoms with van der Waals surface area (Å²) in [5.74, 6) is -0.953. The van der Waals surface area contributed by atoms with Gasteiger partial charge in [0.25, 0.3) is 0 Å². The summed E-state index contributed by atoms with van der Waals surface area (Å²) < 4.78 is 16.9. The van der Waals surface area contributed by atoms with E-state index >= 15 is 0 Å². The van der Waals surface area contributed by atoms with Gasteiger partial charge in [0.15, 0.2) is 6.10 Å². The van der Waals surface area contributed by atoms with Crippen molar-refractivity contribution < 1.29 is 28.6 Å². The van der Waals surface area contributed by atoms with Crippen molar-refractivity contribution in [2.24, 2.45) is 0 Å². The molecule has 0 saturated heterocycles. The molecule has 0 aliphatic heterocycles. The van der Waals surface area contributed by atoms with Crippen LogP contribution in [0.3, 0.4) is 0 Å². The molecular weight excluding hydrogens is 889 g/mol. The van der Waals surface area contributed by atoms with Crippen LogP contribution in [0.4, 0.5) is 0 Å². The number of rotatable bonds is 53. The van der Waals surface area contributed by atoms with E-state index < -0.39 is 6.10 Å². The normalized spacial score (nSPS) is 12.9. The van der Waals surface area contributed by atoms with E-state index in [-0.39, 0.29) is 31.1 Å². The van der Waals surface area contributed by atoms with E-state index in [1.54, 1.807) is 0 Å². The molecule has 0 aliphatic rings. The molecule has 0 radical (unpaired) electrons. The van der Waals surface area contributed by atoms with Crippen LogP contribution in [-0.4, -0.2) is 37.2 Å². The molecule has 6 heteroatoms. The van der Waals surface area contributed by atoms with Gasteiger partial charge in [-0.3, -0.25) is 14.4 Å². The van der Waals surface area contributed by atoms with Gasteiger partial charge in [0, 0.05) is 19.3 Å². The lowest BCUT2D eigenvalue weighted by Gasteiger charge is -2.18. The van der Waals surface area contributed by atoms with Crippen molar-refractivity contribution in [3.8, 4) is 0 Å². The molecule has 1 atom stereocenters. The molecule has 410 valence electrons. The topological polar surface area (TPSA) is 78.9 Å². The van der Waals surface area contributed by atoms with Crippen LogP contribution in [0, 0.1) is 0 Å². The average Bonchev–Trinajstić information content (AvgIpc) is 3.38. The van der Waals surface area contributed by atoms with E-state index in [9.17, 15) is 14.4 Å². The van der Waals surface area contributed by atoms with Crippen LogP contribution in [-0.2, 0) is 28.6 Å². The SMILES string of the molecule is CCC\C=C/C=C\C=C/C=C\C=C/CCCCCCCC(=O)OCC(COC(=O)CCCCCCC/C=C\C=C/CCCCCCCCC)OC(=O)CCCCCCC/C=C\C=C/CCCCCCCCC. The maximum Gasteiger partial charge on any atom is 0.306 e. The number of hydrogen-bond donors (Lipinski definition) is 0. The van der Waals surface area contributed by atoms with Crippen molar-refractivity contribution in [3.05, 3.63) is 109 Å². The van der Waals surface area contributed by atoms with E-state index in [2.05, 4.69) is 106 Å². The van der Waals surface area contributed by atoms with Crippen molar-refractivity contribution in [2.75, 3.05) is 13.2 Å². The Morgan fingerprint density at radius 1 is 0.278 bits per heavy atom. The minimum Gasteiger partial charge on any atom is -0.462 e. The van der Waals surface area contributed by atoms with Crippen molar-refractivity contribution >= 4 is 17.9 Å². The summed E-state index contributed by atoms with van der Waals surface area (Å²) in [6.45, 7) is 6.50. The Hall–Kier alpha value is -3.93. The molecule has 0 aromatic rings. The lowest BCUT2D eigenvalue weighted by molar-refractivity contribution is -0.167. The number of allylic oxidation sites excluding steroid dienone is 18. The van der Waals surface area contributed by atoms with Gasteiger partial charge in [0.1, 0.15) is 13.2 Å². The van der Waals surface area contributed by atoms with Crippen LogP contribution in [0.15, 0.2) is 109 Å². The first-order chi connectivity index (χ1) is 35.5. The van der Waals surface area contributed by atoms with Crippen molar-refractivity contribution in [2.45, 2.75) is 277 Å². The molecule has 0 rings (SSSR count). The van der Waals surface area contributed by atoms with Crippen molar-refractivity contribution in [1.29, 1.82) is 0 Å².